The second kappa shape index (κ2) is 8.03. The number of nitrogens with zero attached hydrogens (tertiary/aromatic N) is 5. The number of nitrogens with one attached hydrogen (secondary N) is 1. The van der Waals surface area contributed by atoms with Crippen LogP contribution in [0.3, 0.4) is 0 Å². The van der Waals surface area contributed by atoms with Crippen molar-refractivity contribution in [2.45, 2.75) is 66.5 Å². The topological polar surface area (TPSA) is 58.9 Å². The molecule has 0 aliphatic carbocycles. The van der Waals surface area contributed by atoms with E-state index in [2.05, 4.69) is 49.9 Å². The summed E-state index contributed by atoms with van der Waals surface area (Å²) in [6, 6.07) is 0.182. The first kappa shape index (κ1) is 20.3. The van der Waals surface area contributed by atoms with Gasteiger partial charge in [0, 0.05) is 23.2 Å². The minimum Gasteiger partial charge on any atom is -0.362 e. The standard InChI is InChI=1S/C22H32N6S/c1-7-17(20-14(3)26-27(6)15(20)4)23-21-19-13(2)16(5)29-22(19)25-18(24-21)12-28-10-8-9-11-28/h17H,7-12H2,1-6H3,(H,23,24,25). The van der Waals surface area contributed by atoms with Crippen molar-refractivity contribution in [1.82, 2.24) is 24.6 Å². The van der Waals surface area contributed by atoms with Crippen LogP contribution in [0.5, 0.6) is 0 Å². The van der Waals surface area contributed by atoms with Crippen molar-refractivity contribution in [1.29, 1.82) is 0 Å². The van der Waals surface area contributed by atoms with Crippen LogP contribution in [0, 0.1) is 27.7 Å². The maximum atomic E-state index is 5.03. The number of hydrogen-bond acceptors (Lipinski definition) is 6. The molecule has 3 aromatic heterocycles. The molecular weight excluding hydrogens is 380 g/mol. The molecule has 7 heteroatoms. The lowest BCUT2D eigenvalue weighted by Crippen LogP contribution is -2.21. The molecule has 0 amide bonds. The minimum absolute atomic E-state index is 0.182. The molecule has 3 aromatic rings. The van der Waals surface area contributed by atoms with Crippen LogP contribution in [0.4, 0.5) is 5.82 Å². The number of fused-ring (bicyclic) bond motifs is 1. The van der Waals surface area contributed by atoms with Crippen molar-refractivity contribution in [3.8, 4) is 0 Å². The summed E-state index contributed by atoms with van der Waals surface area (Å²) in [6.45, 7) is 14.0. The van der Waals surface area contributed by atoms with Crippen molar-refractivity contribution in [2.24, 2.45) is 7.05 Å². The molecule has 1 atom stereocenters. The average Bonchev–Trinajstić information content (AvgIpc) is 3.34. The molecule has 1 unspecified atom stereocenters. The van der Waals surface area contributed by atoms with Gasteiger partial charge in [-0.05, 0) is 65.6 Å². The Hall–Kier alpha value is -1.99. The first-order valence-corrected chi connectivity index (χ1v) is 11.5. The van der Waals surface area contributed by atoms with Gasteiger partial charge >= 0.3 is 0 Å². The highest BCUT2D eigenvalue weighted by molar-refractivity contribution is 7.18. The molecule has 4 rings (SSSR count). The quantitative estimate of drug-likeness (QED) is 0.629. The zero-order valence-corrected chi connectivity index (χ0v) is 19.3. The number of hydrogen-bond donors (Lipinski definition) is 1. The van der Waals surface area contributed by atoms with Gasteiger partial charge < -0.3 is 5.32 Å². The Bertz CT molecular complexity index is 1030. The van der Waals surface area contributed by atoms with E-state index in [4.69, 9.17) is 9.97 Å². The van der Waals surface area contributed by atoms with Crippen molar-refractivity contribution in [3.63, 3.8) is 0 Å². The van der Waals surface area contributed by atoms with Gasteiger partial charge in [0.2, 0.25) is 0 Å². The monoisotopic (exact) mass is 412 g/mol. The highest BCUT2D eigenvalue weighted by atomic mass is 32.1. The predicted molar refractivity (Wildman–Crippen MR) is 121 cm³/mol. The average molecular weight is 413 g/mol. The molecule has 0 saturated carbocycles. The van der Waals surface area contributed by atoms with Crippen LogP contribution in [-0.4, -0.2) is 37.7 Å². The zero-order valence-electron chi connectivity index (χ0n) is 18.5. The summed E-state index contributed by atoms with van der Waals surface area (Å²) in [7, 11) is 2.02. The Morgan fingerprint density at radius 3 is 2.45 bits per heavy atom. The number of anilines is 1. The van der Waals surface area contributed by atoms with Crippen molar-refractivity contribution in [2.75, 3.05) is 18.4 Å². The van der Waals surface area contributed by atoms with E-state index < -0.39 is 0 Å². The minimum atomic E-state index is 0.182. The Kier molecular flexibility index (Phi) is 5.62. The molecule has 1 N–H and O–H groups in total. The van der Waals surface area contributed by atoms with E-state index in [1.165, 1.54) is 39.9 Å². The van der Waals surface area contributed by atoms with Gasteiger partial charge in [-0.15, -0.1) is 11.3 Å². The lowest BCUT2D eigenvalue weighted by atomic mass is 10.0. The van der Waals surface area contributed by atoms with E-state index in [0.717, 1.165) is 48.2 Å². The van der Waals surface area contributed by atoms with E-state index >= 15 is 0 Å². The van der Waals surface area contributed by atoms with Crippen LogP contribution in [0.1, 0.15) is 65.4 Å². The van der Waals surface area contributed by atoms with Gasteiger partial charge in [-0.1, -0.05) is 6.92 Å². The molecule has 0 bridgehead atoms. The van der Waals surface area contributed by atoms with E-state index in [1.54, 1.807) is 11.3 Å². The predicted octanol–water partition coefficient (Wildman–Crippen LogP) is 4.82. The molecule has 0 aromatic carbocycles. The van der Waals surface area contributed by atoms with Crippen molar-refractivity contribution >= 4 is 27.4 Å². The summed E-state index contributed by atoms with van der Waals surface area (Å²) in [5.41, 5.74) is 4.87. The highest BCUT2D eigenvalue weighted by Gasteiger charge is 2.23. The Morgan fingerprint density at radius 1 is 1.10 bits per heavy atom. The van der Waals surface area contributed by atoms with Gasteiger partial charge in [-0.2, -0.15) is 5.10 Å². The van der Waals surface area contributed by atoms with Gasteiger partial charge in [0.15, 0.2) is 0 Å². The SMILES string of the molecule is CCC(Nc1nc(CN2CCCC2)nc2sc(C)c(C)c12)c1c(C)nn(C)c1C. The molecule has 4 heterocycles. The summed E-state index contributed by atoms with van der Waals surface area (Å²) >= 11 is 1.78. The van der Waals surface area contributed by atoms with Crippen LogP contribution >= 0.6 is 11.3 Å². The molecule has 1 saturated heterocycles. The molecule has 1 aliphatic rings. The zero-order chi connectivity index (χ0) is 20.7. The number of likely N-dealkylation sites (tertiary alicyclic amines) is 1. The fraction of sp³-hybridized carbons (Fsp3) is 0.591. The van der Waals surface area contributed by atoms with Gasteiger partial charge in [0.1, 0.15) is 16.5 Å². The van der Waals surface area contributed by atoms with Crippen LogP contribution < -0.4 is 5.32 Å². The third kappa shape index (κ3) is 3.78. The molecule has 29 heavy (non-hydrogen) atoms. The third-order valence-electron chi connectivity index (χ3n) is 6.27. The van der Waals surface area contributed by atoms with Crippen molar-refractivity contribution < 1.29 is 0 Å². The fourth-order valence-corrected chi connectivity index (χ4v) is 5.50. The molecule has 1 fully saturated rings. The molecule has 0 radical (unpaired) electrons. The van der Waals surface area contributed by atoms with Gasteiger partial charge in [-0.25, -0.2) is 9.97 Å². The fourth-order valence-electron chi connectivity index (χ4n) is 4.45. The first-order chi connectivity index (χ1) is 13.9. The Balaban J connectivity index is 1.75. The molecule has 156 valence electrons. The maximum Gasteiger partial charge on any atom is 0.146 e. The largest absolute Gasteiger partial charge is 0.362 e. The summed E-state index contributed by atoms with van der Waals surface area (Å²) in [5, 5.41) is 9.59. The number of aryl methyl sites for hydroxylation is 4. The Morgan fingerprint density at radius 2 is 1.83 bits per heavy atom. The van der Waals surface area contributed by atoms with Gasteiger partial charge in [-0.3, -0.25) is 9.58 Å². The van der Waals surface area contributed by atoms with E-state index in [9.17, 15) is 0 Å². The maximum absolute atomic E-state index is 5.03. The highest BCUT2D eigenvalue weighted by Crippen LogP contribution is 2.36. The van der Waals surface area contributed by atoms with E-state index in [-0.39, 0.29) is 6.04 Å². The van der Waals surface area contributed by atoms with Gasteiger partial charge in [0.05, 0.1) is 23.7 Å². The van der Waals surface area contributed by atoms with Crippen LogP contribution in [-0.2, 0) is 13.6 Å². The lowest BCUT2D eigenvalue weighted by Gasteiger charge is -2.21. The smallest absolute Gasteiger partial charge is 0.146 e. The number of rotatable bonds is 6. The molecular formula is C22H32N6S. The molecule has 1 aliphatic heterocycles. The van der Waals surface area contributed by atoms with E-state index in [1.807, 2.05) is 11.7 Å². The number of aromatic nitrogens is 4. The normalized spacial score (nSPS) is 16.1. The molecule has 6 nitrogen and oxygen atoms in total. The third-order valence-corrected chi connectivity index (χ3v) is 7.37. The van der Waals surface area contributed by atoms with Crippen LogP contribution in [0.25, 0.3) is 10.2 Å². The van der Waals surface area contributed by atoms with Crippen LogP contribution in [0.2, 0.25) is 0 Å². The first-order valence-electron chi connectivity index (χ1n) is 10.6. The summed E-state index contributed by atoms with van der Waals surface area (Å²) in [5.74, 6) is 1.90. The van der Waals surface area contributed by atoms with E-state index in [0.29, 0.717) is 0 Å². The van der Waals surface area contributed by atoms with Crippen molar-refractivity contribution in [3.05, 3.63) is 33.2 Å². The summed E-state index contributed by atoms with van der Waals surface area (Å²) in [6.07, 6.45) is 3.53. The second-order valence-electron chi connectivity index (χ2n) is 8.25. The lowest BCUT2D eigenvalue weighted by molar-refractivity contribution is 0.323. The second-order valence-corrected chi connectivity index (χ2v) is 9.45. The summed E-state index contributed by atoms with van der Waals surface area (Å²) < 4.78 is 1.98. The summed E-state index contributed by atoms with van der Waals surface area (Å²) in [4.78, 5) is 14.8. The van der Waals surface area contributed by atoms with Crippen LogP contribution in [0.15, 0.2) is 0 Å². The number of thiophene rings is 1. The Labute approximate surface area is 177 Å². The molecule has 0 spiro atoms. The van der Waals surface area contributed by atoms with Gasteiger partial charge in [0.25, 0.3) is 0 Å².